The molecule has 5 nitrogen and oxygen atoms in total. The Kier molecular flexibility index (Phi) is 3.38. The zero-order chi connectivity index (χ0) is 13.2. The van der Waals surface area contributed by atoms with E-state index in [0.717, 1.165) is 23.9 Å². The average Bonchev–Trinajstić information content (AvgIpc) is 3.16. The first-order valence-corrected chi connectivity index (χ1v) is 6.93. The van der Waals surface area contributed by atoms with E-state index in [0.29, 0.717) is 24.1 Å². The summed E-state index contributed by atoms with van der Waals surface area (Å²) in [5.41, 5.74) is 5.52. The number of aromatic nitrogens is 2. The molecule has 3 rings (SSSR count). The van der Waals surface area contributed by atoms with Crippen LogP contribution in [0, 0.1) is 5.92 Å². The molecular weight excluding hydrogens is 242 g/mol. The SMILES string of the molecule is CCC1CCC(c2noc(-c3ccc(CN)o3)n2)C1. The third kappa shape index (κ3) is 2.42. The summed E-state index contributed by atoms with van der Waals surface area (Å²) in [4.78, 5) is 4.47. The Hall–Kier alpha value is -1.62. The molecular formula is C14H19N3O2. The lowest BCUT2D eigenvalue weighted by Crippen LogP contribution is -1.97. The van der Waals surface area contributed by atoms with E-state index in [1.165, 1.54) is 19.3 Å². The predicted octanol–water partition coefficient (Wildman–Crippen LogP) is 3.08. The average molecular weight is 261 g/mol. The smallest absolute Gasteiger partial charge is 0.293 e. The number of furan rings is 1. The largest absolute Gasteiger partial charge is 0.455 e. The standard InChI is InChI=1S/C14H19N3O2/c1-2-9-3-4-10(7-9)13-16-14(19-17-13)12-6-5-11(8-15)18-12/h5-6,9-10H,2-4,7-8,15H2,1H3. The van der Waals surface area contributed by atoms with Crippen LogP contribution in [0.3, 0.4) is 0 Å². The fourth-order valence-corrected chi connectivity index (χ4v) is 2.78. The van der Waals surface area contributed by atoms with Crippen LogP contribution in [-0.4, -0.2) is 10.1 Å². The maximum Gasteiger partial charge on any atom is 0.293 e. The summed E-state index contributed by atoms with van der Waals surface area (Å²) in [6.45, 7) is 2.62. The van der Waals surface area contributed by atoms with Crippen molar-refractivity contribution in [2.75, 3.05) is 0 Å². The minimum atomic E-state index is 0.377. The zero-order valence-electron chi connectivity index (χ0n) is 11.1. The Bertz CT molecular complexity index is 546. The van der Waals surface area contributed by atoms with Crippen LogP contribution in [-0.2, 0) is 6.54 Å². The Morgan fingerprint density at radius 3 is 2.95 bits per heavy atom. The van der Waals surface area contributed by atoms with E-state index in [4.69, 9.17) is 14.7 Å². The molecule has 0 radical (unpaired) electrons. The molecule has 102 valence electrons. The van der Waals surface area contributed by atoms with E-state index in [1.807, 2.05) is 12.1 Å². The fraction of sp³-hybridized carbons (Fsp3) is 0.571. The van der Waals surface area contributed by atoms with E-state index < -0.39 is 0 Å². The van der Waals surface area contributed by atoms with Crippen LogP contribution in [0.2, 0.25) is 0 Å². The van der Waals surface area contributed by atoms with Gasteiger partial charge in [0.1, 0.15) is 5.76 Å². The predicted molar refractivity (Wildman–Crippen MR) is 70.3 cm³/mol. The summed E-state index contributed by atoms with van der Waals surface area (Å²) < 4.78 is 10.8. The first-order chi connectivity index (χ1) is 9.30. The molecule has 1 fully saturated rings. The number of nitrogens with zero attached hydrogens (tertiary/aromatic N) is 2. The Labute approximate surface area is 112 Å². The molecule has 1 saturated carbocycles. The van der Waals surface area contributed by atoms with Crippen LogP contribution in [0.25, 0.3) is 11.7 Å². The van der Waals surface area contributed by atoms with Gasteiger partial charge in [0, 0.05) is 5.92 Å². The fourth-order valence-electron chi connectivity index (χ4n) is 2.78. The van der Waals surface area contributed by atoms with Crippen LogP contribution < -0.4 is 5.73 Å². The van der Waals surface area contributed by atoms with Crippen molar-refractivity contribution in [1.29, 1.82) is 0 Å². The molecule has 2 aromatic rings. The Balaban J connectivity index is 1.76. The van der Waals surface area contributed by atoms with Crippen molar-refractivity contribution >= 4 is 0 Å². The normalized spacial score (nSPS) is 23.1. The molecule has 0 aliphatic heterocycles. The van der Waals surface area contributed by atoms with Gasteiger partial charge in [0.25, 0.3) is 5.89 Å². The quantitative estimate of drug-likeness (QED) is 0.915. The maximum atomic E-state index is 5.52. The molecule has 1 aliphatic carbocycles. The highest BCUT2D eigenvalue weighted by atomic mass is 16.5. The molecule has 2 atom stereocenters. The highest BCUT2D eigenvalue weighted by Crippen LogP contribution is 2.38. The molecule has 2 heterocycles. The van der Waals surface area contributed by atoms with Gasteiger partial charge in [-0.3, -0.25) is 0 Å². The van der Waals surface area contributed by atoms with Crippen LogP contribution in [0.4, 0.5) is 0 Å². The molecule has 19 heavy (non-hydrogen) atoms. The van der Waals surface area contributed by atoms with E-state index in [2.05, 4.69) is 17.1 Å². The molecule has 5 heteroatoms. The summed E-state index contributed by atoms with van der Waals surface area (Å²) in [6, 6.07) is 3.66. The highest BCUT2D eigenvalue weighted by molar-refractivity contribution is 5.44. The molecule has 0 aromatic carbocycles. The van der Waals surface area contributed by atoms with Crippen LogP contribution in [0.15, 0.2) is 21.1 Å². The number of hydrogen-bond acceptors (Lipinski definition) is 5. The first-order valence-electron chi connectivity index (χ1n) is 6.93. The van der Waals surface area contributed by atoms with Gasteiger partial charge in [0.05, 0.1) is 6.54 Å². The van der Waals surface area contributed by atoms with Crippen molar-refractivity contribution < 1.29 is 8.94 Å². The van der Waals surface area contributed by atoms with Gasteiger partial charge < -0.3 is 14.7 Å². The van der Waals surface area contributed by atoms with Crippen molar-refractivity contribution in [3.8, 4) is 11.7 Å². The first kappa shape index (κ1) is 12.4. The minimum absolute atomic E-state index is 0.377. The summed E-state index contributed by atoms with van der Waals surface area (Å²) in [7, 11) is 0. The van der Waals surface area contributed by atoms with E-state index >= 15 is 0 Å². The van der Waals surface area contributed by atoms with Gasteiger partial charge in [0.15, 0.2) is 11.6 Å². The van der Waals surface area contributed by atoms with Gasteiger partial charge in [-0.25, -0.2) is 0 Å². The van der Waals surface area contributed by atoms with Crippen molar-refractivity contribution in [1.82, 2.24) is 10.1 Å². The van der Waals surface area contributed by atoms with Crippen LogP contribution >= 0.6 is 0 Å². The molecule has 0 saturated heterocycles. The lowest BCUT2D eigenvalue weighted by atomic mass is 10.0. The molecule has 2 N–H and O–H groups in total. The summed E-state index contributed by atoms with van der Waals surface area (Å²) in [5.74, 6) is 3.84. The van der Waals surface area contributed by atoms with Gasteiger partial charge in [-0.05, 0) is 37.3 Å². The lowest BCUT2D eigenvalue weighted by molar-refractivity contribution is 0.399. The third-order valence-electron chi connectivity index (χ3n) is 4.00. The number of nitrogens with two attached hydrogens (primary N) is 1. The maximum absolute atomic E-state index is 5.52. The number of hydrogen-bond donors (Lipinski definition) is 1. The Morgan fingerprint density at radius 2 is 2.26 bits per heavy atom. The topological polar surface area (TPSA) is 78.1 Å². The second-order valence-corrected chi connectivity index (χ2v) is 5.21. The van der Waals surface area contributed by atoms with Crippen molar-refractivity contribution in [2.45, 2.75) is 45.1 Å². The summed E-state index contributed by atoms with van der Waals surface area (Å²) in [6.07, 6.45) is 4.83. The third-order valence-corrected chi connectivity index (χ3v) is 4.00. The lowest BCUT2D eigenvalue weighted by Gasteiger charge is -2.04. The van der Waals surface area contributed by atoms with Gasteiger partial charge in [-0.15, -0.1) is 0 Å². The molecule has 0 amide bonds. The van der Waals surface area contributed by atoms with Gasteiger partial charge in [-0.2, -0.15) is 4.98 Å². The van der Waals surface area contributed by atoms with Crippen molar-refractivity contribution in [3.63, 3.8) is 0 Å². The summed E-state index contributed by atoms with van der Waals surface area (Å²) >= 11 is 0. The van der Waals surface area contributed by atoms with Crippen molar-refractivity contribution in [2.24, 2.45) is 11.7 Å². The molecule has 0 bridgehead atoms. The Morgan fingerprint density at radius 1 is 1.37 bits per heavy atom. The molecule has 2 unspecified atom stereocenters. The van der Waals surface area contributed by atoms with Gasteiger partial charge >= 0.3 is 0 Å². The molecule has 1 aliphatic rings. The van der Waals surface area contributed by atoms with Crippen molar-refractivity contribution in [3.05, 3.63) is 23.7 Å². The van der Waals surface area contributed by atoms with E-state index in [9.17, 15) is 0 Å². The van der Waals surface area contributed by atoms with E-state index in [-0.39, 0.29) is 0 Å². The van der Waals surface area contributed by atoms with E-state index in [1.54, 1.807) is 0 Å². The van der Waals surface area contributed by atoms with Crippen LogP contribution in [0.5, 0.6) is 0 Å². The monoisotopic (exact) mass is 261 g/mol. The van der Waals surface area contributed by atoms with Crippen LogP contribution in [0.1, 0.15) is 50.1 Å². The highest BCUT2D eigenvalue weighted by Gasteiger charge is 2.28. The van der Waals surface area contributed by atoms with Gasteiger partial charge in [-0.1, -0.05) is 18.5 Å². The second kappa shape index (κ2) is 5.17. The number of rotatable bonds is 4. The molecule has 0 spiro atoms. The second-order valence-electron chi connectivity index (χ2n) is 5.21. The van der Waals surface area contributed by atoms with Gasteiger partial charge in [0.2, 0.25) is 0 Å². The summed E-state index contributed by atoms with van der Waals surface area (Å²) in [5, 5.41) is 4.10. The minimum Gasteiger partial charge on any atom is -0.455 e. The zero-order valence-corrected chi connectivity index (χ0v) is 11.1. The molecule has 2 aromatic heterocycles.